The lowest BCUT2D eigenvalue weighted by Gasteiger charge is -2.44. The van der Waals surface area contributed by atoms with Gasteiger partial charge in [-0.25, -0.2) is 9.18 Å². The van der Waals surface area contributed by atoms with Crippen LogP contribution in [0.3, 0.4) is 0 Å². The Hall–Kier alpha value is -2.12. The molecule has 7 heteroatoms. The molecule has 3 rings (SSSR count). The van der Waals surface area contributed by atoms with Crippen molar-refractivity contribution in [3.63, 3.8) is 0 Å². The first kappa shape index (κ1) is 27.5. The van der Waals surface area contributed by atoms with E-state index < -0.39 is 11.0 Å². The Morgan fingerprint density at radius 3 is 2.51 bits per heavy atom. The van der Waals surface area contributed by atoms with E-state index in [4.69, 9.17) is 9.47 Å². The number of carbonyl (C=O) groups is 1. The molecule has 1 atom stereocenters. The van der Waals surface area contributed by atoms with E-state index >= 15 is 4.39 Å². The molecule has 0 radical (unpaired) electrons. The molecule has 196 valence electrons. The summed E-state index contributed by atoms with van der Waals surface area (Å²) in [5.41, 5.74) is 1.43. The summed E-state index contributed by atoms with van der Waals surface area (Å²) in [5, 5.41) is 9.51. The average molecular weight is 491 g/mol. The number of rotatable bonds is 8. The van der Waals surface area contributed by atoms with Gasteiger partial charge in [0.1, 0.15) is 23.8 Å². The minimum Gasteiger partial charge on any atom is -0.492 e. The highest BCUT2D eigenvalue weighted by atomic mass is 19.1. The molecular weight excluding hydrogens is 447 g/mol. The first-order chi connectivity index (χ1) is 16.5. The zero-order valence-corrected chi connectivity index (χ0v) is 22.2. The van der Waals surface area contributed by atoms with Crippen molar-refractivity contribution in [3.05, 3.63) is 41.2 Å². The molecule has 2 aliphatic heterocycles. The van der Waals surface area contributed by atoms with Gasteiger partial charge in [-0.15, -0.1) is 0 Å². The number of piperidine rings is 1. The normalized spacial score (nSPS) is 20.7. The van der Waals surface area contributed by atoms with Crippen LogP contribution in [0.2, 0.25) is 0 Å². The number of amides is 1. The Morgan fingerprint density at radius 2 is 1.94 bits per heavy atom. The Bertz CT molecular complexity index is 903. The number of aliphatic hydroxyl groups is 1. The summed E-state index contributed by atoms with van der Waals surface area (Å²) in [6, 6.07) is 3.65. The molecule has 0 aromatic heterocycles. The maximum atomic E-state index is 15.7. The molecular formula is C28H43FN2O4. The van der Waals surface area contributed by atoms with Gasteiger partial charge in [0.15, 0.2) is 0 Å². The fourth-order valence-electron chi connectivity index (χ4n) is 5.50. The summed E-state index contributed by atoms with van der Waals surface area (Å²) < 4.78 is 27.2. The highest BCUT2D eigenvalue weighted by molar-refractivity contribution is 5.68. The standard InChI is InChI=1S/C28H43FN2O4/c1-7-21-17-23(34-16-15-30-12-8-9-22(30)19-32)18-24(29)25(21)28(20(2)3)10-13-31(14-11-28)26(33)35-27(4,5)6/h17-18,22,32H,2,7-16,19H2,1,3-6H3. The molecule has 1 N–H and O–H groups in total. The summed E-state index contributed by atoms with van der Waals surface area (Å²) >= 11 is 0. The van der Waals surface area contributed by atoms with Crippen molar-refractivity contribution in [2.24, 2.45) is 0 Å². The number of aryl methyl sites for hydroxylation is 1. The van der Waals surface area contributed by atoms with Crippen LogP contribution in [0.4, 0.5) is 9.18 Å². The fraction of sp³-hybridized carbons (Fsp3) is 0.679. The molecule has 2 aliphatic rings. The van der Waals surface area contributed by atoms with E-state index in [0.717, 1.165) is 30.5 Å². The second-order valence-electron chi connectivity index (χ2n) is 11.0. The molecule has 1 unspecified atom stereocenters. The van der Waals surface area contributed by atoms with E-state index in [9.17, 15) is 9.90 Å². The van der Waals surface area contributed by atoms with Crippen LogP contribution < -0.4 is 4.74 Å². The highest BCUT2D eigenvalue weighted by Gasteiger charge is 2.42. The van der Waals surface area contributed by atoms with Crippen LogP contribution >= 0.6 is 0 Å². The lowest BCUT2D eigenvalue weighted by molar-refractivity contribution is 0.0177. The van der Waals surface area contributed by atoms with Crippen molar-refractivity contribution in [3.8, 4) is 5.75 Å². The number of hydrogen-bond acceptors (Lipinski definition) is 5. The van der Waals surface area contributed by atoms with Gasteiger partial charge in [-0.2, -0.15) is 0 Å². The zero-order chi connectivity index (χ0) is 25.8. The van der Waals surface area contributed by atoms with Gasteiger partial charge >= 0.3 is 6.09 Å². The van der Waals surface area contributed by atoms with E-state index in [1.807, 2.05) is 40.7 Å². The third-order valence-electron chi connectivity index (χ3n) is 7.45. The van der Waals surface area contributed by atoms with Crippen molar-refractivity contribution < 1.29 is 23.8 Å². The number of nitrogens with zero attached hydrogens (tertiary/aromatic N) is 2. The van der Waals surface area contributed by atoms with Gasteiger partial charge in [-0.05, 0) is 78.0 Å². The quantitative estimate of drug-likeness (QED) is 0.516. The maximum absolute atomic E-state index is 15.7. The number of likely N-dealkylation sites (tertiary alicyclic amines) is 2. The molecule has 2 fully saturated rings. The number of carbonyl (C=O) groups excluding carboxylic acids is 1. The fourth-order valence-corrected chi connectivity index (χ4v) is 5.50. The highest BCUT2D eigenvalue weighted by Crippen LogP contribution is 2.45. The molecule has 2 heterocycles. The van der Waals surface area contributed by atoms with Crippen LogP contribution in [0.1, 0.15) is 71.4 Å². The second kappa shape index (κ2) is 11.3. The van der Waals surface area contributed by atoms with Gasteiger partial charge in [-0.3, -0.25) is 4.90 Å². The second-order valence-corrected chi connectivity index (χ2v) is 11.0. The Morgan fingerprint density at radius 1 is 1.26 bits per heavy atom. The summed E-state index contributed by atoms with van der Waals surface area (Å²) in [6.45, 7) is 17.1. The third-order valence-corrected chi connectivity index (χ3v) is 7.45. The number of benzene rings is 1. The molecule has 2 saturated heterocycles. The number of halogens is 1. The minimum atomic E-state index is -0.551. The van der Waals surface area contributed by atoms with E-state index in [1.54, 1.807) is 4.90 Å². The van der Waals surface area contributed by atoms with E-state index in [2.05, 4.69) is 11.5 Å². The van der Waals surface area contributed by atoms with Gasteiger partial charge in [0, 0.05) is 42.7 Å². The first-order valence-corrected chi connectivity index (χ1v) is 12.9. The topological polar surface area (TPSA) is 62.2 Å². The minimum absolute atomic E-state index is 0.164. The maximum Gasteiger partial charge on any atom is 0.410 e. The van der Waals surface area contributed by atoms with Crippen LogP contribution in [-0.4, -0.2) is 72.0 Å². The molecule has 35 heavy (non-hydrogen) atoms. The van der Waals surface area contributed by atoms with Gasteiger partial charge in [0.25, 0.3) is 0 Å². The van der Waals surface area contributed by atoms with Crippen molar-refractivity contribution in [2.45, 2.75) is 83.8 Å². The largest absolute Gasteiger partial charge is 0.492 e. The summed E-state index contributed by atoms with van der Waals surface area (Å²) in [6.07, 6.45) is 3.64. The van der Waals surface area contributed by atoms with Crippen molar-refractivity contribution in [2.75, 3.05) is 39.4 Å². The van der Waals surface area contributed by atoms with Gasteiger partial charge in [0.2, 0.25) is 0 Å². The van der Waals surface area contributed by atoms with Crippen molar-refractivity contribution >= 4 is 6.09 Å². The molecule has 6 nitrogen and oxygen atoms in total. The summed E-state index contributed by atoms with van der Waals surface area (Å²) in [7, 11) is 0. The molecule has 0 bridgehead atoms. The Balaban J connectivity index is 1.75. The third kappa shape index (κ3) is 6.36. The molecule has 0 saturated carbocycles. The average Bonchev–Trinajstić information content (AvgIpc) is 3.25. The number of hydrogen-bond donors (Lipinski definition) is 1. The predicted octanol–water partition coefficient (Wildman–Crippen LogP) is 5.07. The molecule has 1 aromatic rings. The molecule has 0 spiro atoms. The van der Waals surface area contributed by atoms with Gasteiger partial charge in [-0.1, -0.05) is 19.1 Å². The lowest BCUT2D eigenvalue weighted by atomic mass is 9.66. The van der Waals surface area contributed by atoms with Crippen LogP contribution in [0.25, 0.3) is 0 Å². The van der Waals surface area contributed by atoms with E-state index in [-0.39, 0.29) is 24.6 Å². The number of aliphatic hydroxyl groups excluding tert-OH is 1. The predicted molar refractivity (Wildman–Crippen MR) is 136 cm³/mol. The monoisotopic (exact) mass is 490 g/mol. The molecule has 0 aliphatic carbocycles. The van der Waals surface area contributed by atoms with Crippen LogP contribution in [0, 0.1) is 5.82 Å². The van der Waals surface area contributed by atoms with Crippen molar-refractivity contribution in [1.29, 1.82) is 0 Å². The number of allylic oxidation sites excluding steroid dienone is 1. The Kier molecular flexibility index (Phi) is 8.86. The van der Waals surface area contributed by atoms with Crippen molar-refractivity contribution in [1.82, 2.24) is 9.80 Å². The zero-order valence-electron chi connectivity index (χ0n) is 22.2. The van der Waals surface area contributed by atoms with Gasteiger partial charge < -0.3 is 19.5 Å². The molecule has 1 aromatic carbocycles. The Labute approximate surface area is 210 Å². The summed E-state index contributed by atoms with van der Waals surface area (Å²) in [4.78, 5) is 16.5. The van der Waals surface area contributed by atoms with E-state index in [1.165, 1.54) is 6.07 Å². The van der Waals surface area contributed by atoms with E-state index in [0.29, 0.717) is 56.8 Å². The lowest BCUT2D eigenvalue weighted by Crippen LogP contribution is -2.47. The SMILES string of the molecule is C=C(C)C1(c2c(F)cc(OCCN3CCCC3CO)cc2CC)CCN(C(=O)OC(C)(C)C)CC1. The number of ether oxygens (including phenoxy) is 2. The first-order valence-electron chi connectivity index (χ1n) is 12.9. The van der Waals surface area contributed by atoms with Crippen LogP contribution in [0.5, 0.6) is 5.75 Å². The van der Waals surface area contributed by atoms with Crippen LogP contribution in [-0.2, 0) is 16.6 Å². The smallest absolute Gasteiger partial charge is 0.410 e. The summed E-state index contributed by atoms with van der Waals surface area (Å²) in [5.74, 6) is 0.258. The molecule has 1 amide bonds. The van der Waals surface area contributed by atoms with Crippen LogP contribution in [0.15, 0.2) is 24.3 Å². The van der Waals surface area contributed by atoms with Gasteiger partial charge in [0.05, 0.1) is 6.61 Å².